The normalized spacial score (nSPS) is 12.2. The second kappa shape index (κ2) is 8.31. The van der Waals surface area contributed by atoms with E-state index in [2.05, 4.69) is 52.2 Å². The molecule has 2 aromatic rings. The Hall–Kier alpha value is -1.85. The number of hydrogen-bond acceptors (Lipinski definition) is 2. The van der Waals surface area contributed by atoms with Gasteiger partial charge in [0.05, 0.1) is 13.2 Å². The van der Waals surface area contributed by atoms with E-state index in [1.807, 2.05) is 36.4 Å². The van der Waals surface area contributed by atoms with Gasteiger partial charge in [0.25, 0.3) is 0 Å². The lowest BCUT2D eigenvalue weighted by Crippen LogP contribution is -2.28. The molecule has 0 fully saturated rings. The third-order valence-electron chi connectivity index (χ3n) is 3.85. The predicted octanol–water partition coefficient (Wildman–Crippen LogP) is 4.30. The first-order valence-corrected chi connectivity index (χ1v) is 8.61. The molecule has 4 nitrogen and oxygen atoms in total. The molecule has 0 aliphatic carbocycles. The Bertz CT molecular complexity index is 696. The van der Waals surface area contributed by atoms with Crippen molar-refractivity contribution in [3.8, 4) is 0 Å². The number of benzene rings is 2. The molecule has 0 amide bonds. The van der Waals surface area contributed by atoms with Crippen molar-refractivity contribution in [2.45, 2.75) is 25.9 Å². The molecular formula is C19H24BrN3O. The predicted molar refractivity (Wildman–Crippen MR) is 104 cm³/mol. The minimum absolute atomic E-state index is 0.0982. The van der Waals surface area contributed by atoms with Crippen molar-refractivity contribution in [3.05, 3.63) is 64.1 Å². The number of ether oxygens (including phenoxy) is 1. The molecule has 0 aliphatic heterocycles. The molecule has 0 aliphatic rings. The van der Waals surface area contributed by atoms with E-state index in [0.717, 1.165) is 15.7 Å². The molecular weight excluding hydrogens is 366 g/mol. The van der Waals surface area contributed by atoms with Crippen LogP contribution in [-0.2, 0) is 16.8 Å². The number of guanidine groups is 1. The maximum Gasteiger partial charge on any atom is 0.193 e. The summed E-state index contributed by atoms with van der Waals surface area (Å²) in [5.41, 5.74) is 9.16. The molecule has 3 N–H and O–H groups in total. The molecule has 0 aromatic heterocycles. The summed E-state index contributed by atoms with van der Waals surface area (Å²) in [7, 11) is 1.68. The number of aliphatic imine (C=N–C) groups is 1. The number of nitrogens with one attached hydrogen (secondary N) is 1. The molecule has 2 rings (SSSR count). The van der Waals surface area contributed by atoms with Gasteiger partial charge in [-0.05, 0) is 23.8 Å². The zero-order valence-electron chi connectivity index (χ0n) is 14.3. The van der Waals surface area contributed by atoms with Crippen molar-refractivity contribution in [3.63, 3.8) is 0 Å². The number of nitrogens with zero attached hydrogens (tertiary/aromatic N) is 1. The summed E-state index contributed by atoms with van der Waals surface area (Å²) in [5, 5.41) is 3.17. The minimum atomic E-state index is -0.0982. The van der Waals surface area contributed by atoms with Crippen molar-refractivity contribution in [1.82, 2.24) is 0 Å². The van der Waals surface area contributed by atoms with Crippen molar-refractivity contribution in [1.29, 1.82) is 0 Å². The van der Waals surface area contributed by atoms with Crippen LogP contribution in [0.2, 0.25) is 0 Å². The van der Waals surface area contributed by atoms with Crippen LogP contribution in [0.5, 0.6) is 0 Å². The summed E-state index contributed by atoms with van der Waals surface area (Å²) in [6, 6.07) is 16.2. The van der Waals surface area contributed by atoms with Crippen molar-refractivity contribution < 1.29 is 4.74 Å². The number of methoxy groups -OCH3 is 1. The summed E-state index contributed by atoms with van der Waals surface area (Å²) in [4.78, 5) is 4.52. The van der Waals surface area contributed by atoms with E-state index < -0.39 is 0 Å². The van der Waals surface area contributed by atoms with Crippen LogP contribution in [0.1, 0.15) is 25.0 Å². The summed E-state index contributed by atoms with van der Waals surface area (Å²) in [6.07, 6.45) is 0. The van der Waals surface area contributed by atoms with Crippen LogP contribution < -0.4 is 11.1 Å². The van der Waals surface area contributed by atoms with Crippen LogP contribution in [0.3, 0.4) is 0 Å². The molecule has 0 heterocycles. The number of nitrogens with two attached hydrogens (primary N) is 1. The summed E-state index contributed by atoms with van der Waals surface area (Å²) in [5.74, 6) is 0.406. The maximum atomic E-state index is 6.07. The van der Waals surface area contributed by atoms with Gasteiger partial charge in [-0.3, -0.25) is 4.99 Å². The highest BCUT2D eigenvalue weighted by atomic mass is 79.9. The van der Waals surface area contributed by atoms with E-state index in [4.69, 9.17) is 10.5 Å². The molecule has 2 aromatic carbocycles. The largest absolute Gasteiger partial charge is 0.380 e. The molecule has 24 heavy (non-hydrogen) atoms. The average Bonchev–Trinajstić information content (AvgIpc) is 2.56. The van der Waals surface area contributed by atoms with Crippen LogP contribution in [-0.4, -0.2) is 19.6 Å². The molecule has 0 spiro atoms. The van der Waals surface area contributed by atoms with Crippen molar-refractivity contribution >= 4 is 27.6 Å². The third kappa shape index (κ3) is 5.08. The van der Waals surface area contributed by atoms with Crippen LogP contribution in [0.25, 0.3) is 0 Å². The second-order valence-electron chi connectivity index (χ2n) is 6.31. The van der Waals surface area contributed by atoms with Gasteiger partial charge in [-0.15, -0.1) is 0 Å². The Balaban J connectivity index is 2.07. The Labute approximate surface area is 152 Å². The highest BCUT2D eigenvalue weighted by Gasteiger charge is 2.20. The highest BCUT2D eigenvalue weighted by Crippen LogP contribution is 2.25. The maximum absolute atomic E-state index is 6.07. The van der Waals surface area contributed by atoms with E-state index in [-0.39, 0.29) is 5.41 Å². The second-order valence-corrected chi connectivity index (χ2v) is 7.22. The first-order valence-electron chi connectivity index (χ1n) is 7.82. The molecule has 0 saturated heterocycles. The van der Waals surface area contributed by atoms with E-state index in [1.165, 1.54) is 5.56 Å². The van der Waals surface area contributed by atoms with Crippen LogP contribution >= 0.6 is 15.9 Å². The lowest BCUT2D eigenvalue weighted by Gasteiger charge is -2.23. The van der Waals surface area contributed by atoms with Gasteiger partial charge in [0.15, 0.2) is 5.96 Å². The molecule has 0 radical (unpaired) electrons. The van der Waals surface area contributed by atoms with Gasteiger partial charge in [0.1, 0.15) is 0 Å². The van der Waals surface area contributed by atoms with Crippen LogP contribution in [0, 0.1) is 0 Å². The fourth-order valence-corrected chi connectivity index (χ4v) is 2.64. The number of para-hydroxylation sites is 1. The quantitative estimate of drug-likeness (QED) is 0.571. The zero-order chi connectivity index (χ0) is 17.6. The Kier molecular flexibility index (Phi) is 6.40. The van der Waals surface area contributed by atoms with E-state index in [0.29, 0.717) is 19.1 Å². The minimum Gasteiger partial charge on any atom is -0.380 e. The number of rotatable bonds is 6. The lowest BCUT2D eigenvalue weighted by atomic mass is 9.85. The van der Waals surface area contributed by atoms with Gasteiger partial charge < -0.3 is 15.8 Å². The number of hydrogen-bond donors (Lipinski definition) is 2. The van der Waals surface area contributed by atoms with E-state index in [9.17, 15) is 0 Å². The van der Waals surface area contributed by atoms with E-state index >= 15 is 0 Å². The van der Waals surface area contributed by atoms with Gasteiger partial charge in [-0.1, -0.05) is 60.1 Å². The smallest absolute Gasteiger partial charge is 0.193 e. The summed E-state index contributed by atoms with van der Waals surface area (Å²) < 4.78 is 6.28. The van der Waals surface area contributed by atoms with Crippen LogP contribution in [0.15, 0.2) is 58.0 Å². The summed E-state index contributed by atoms with van der Waals surface area (Å²) >= 11 is 3.46. The van der Waals surface area contributed by atoms with Gasteiger partial charge in [-0.2, -0.15) is 0 Å². The topological polar surface area (TPSA) is 59.6 Å². The molecule has 0 saturated carbocycles. The molecule has 5 heteroatoms. The van der Waals surface area contributed by atoms with Crippen molar-refractivity contribution in [2.24, 2.45) is 10.7 Å². The Morgan fingerprint density at radius 1 is 1.17 bits per heavy atom. The molecule has 0 bridgehead atoms. The third-order valence-corrected chi connectivity index (χ3v) is 4.38. The first-order chi connectivity index (χ1) is 11.4. The van der Waals surface area contributed by atoms with Crippen LogP contribution in [0.4, 0.5) is 5.69 Å². The Morgan fingerprint density at radius 3 is 2.50 bits per heavy atom. The van der Waals surface area contributed by atoms with Gasteiger partial charge in [-0.25, -0.2) is 0 Å². The van der Waals surface area contributed by atoms with Crippen molar-refractivity contribution in [2.75, 3.05) is 19.0 Å². The van der Waals surface area contributed by atoms with Gasteiger partial charge >= 0.3 is 0 Å². The van der Waals surface area contributed by atoms with Gasteiger partial charge in [0, 0.05) is 28.2 Å². The fourth-order valence-electron chi connectivity index (χ4n) is 2.38. The fraction of sp³-hybridized carbons (Fsp3) is 0.316. The molecule has 128 valence electrons. The highest BCUT2D eigenvalue weighted by molar-refractivity contribution is 9.10. The Morgan fingerprint density at radius 2 is 1.83 bits per heavy atom. The SMILES string of the molecule is COCc1ccccc1NC(N)=NCC(C)(C)c1ccc(Br)cc1. The summed E-state index contributed by atoms with van der Waals surface area (Å²) in [6.45, 7) is 5.44. The molecule has 0 unspecified atom stereocenters. The van der Waals surface area contributed by atoms with E-state index in [1.54, 1.807) is 7.11 Å². The lowest BCUT2D eigenvalue weighted by molar-refractivity contribution is 0.185. The number of halogens is 1. The van der Waals surface area contributed by atoms with Gasteiger partial charge in [0.2, 0.25) is 0 Å². The standard InChI is InChI=1S/C19H24BrN3O/c1-19(2,15-8-10-16(20)11-9-15)13-22-18(21)23-17-7-5-4-6-14(17)12-24-3/h4-11H,12-13H2,1-3H3,(H3,21,22,23). The average molecular weight is 390 g/mol. The monoisotopic (exact) mass is 389 g/mol. The zero-order valence-corrected chi connectivity index (χ0v) is 15.9. The number of anilines is 1. The molecule has 0 atom stereocenters. The first kappa shape index (κ1) is 18.5.